The number of ether oxygens (including phenoxy) is 1. The zero-order chi connectivity index (χ0) is 18.5. The summed E-state index contributed by atoms with van der Waals surface area (Å²) in [4.78, 5) is 11.8. The molecule has 2 atom stereocenters. The lowest BCUT2D eigenvalue weighted by Crippen LogP contribution is -2.22. The van der Waals surface area contributed by atoms with E-state index in [0.29, 0.717) is 22.9 Å². The SMILES string of the molecule is CCCCCCCCS(=O)NS(=O)c1ccc(NC(=O)OCC)cc1. The number of hydrogen-bond acceptors (Lipinski definition) is 4. The van der Waals surface area contributed by atoms with Crippen LogP contribution in [0.15, 0.2) is 29.2 Å². The predicted molar refractivity (Wildman–Crippen MR) is 103 cm³/mol. The molecule has 0 saturated carbocycles. The number of benzene rings is 1. The molecule has 1 aromatic rings. The van der Waals surface area contributed by atoms with Crippen molar-refractivity contribution >= 4 is 33.8 Å². The Kier molecular flexibility index (Phi) is 11.3. The molecule has 8 heteroatoms. The van der Waals surface area contributed by atoms with Gasteiger partial charge in [0.25, 0.3) is 0 Å². The molecule has 142 valence electrons. The summed E-state index contributed by atoms with van der Waals surface area (Å²) < 4.78 is 31.5. The Morgan fingerprint density at radius 2 is 1.64 bits per heavy atom. The van der Waals surface area contributed by atoms with Crippen LogP contribution in [-0.4, -0.2) is 26.9 Å². The Labute approximate surface area is 155 Å². The third-order valence-electron chi connectivity index (χ3n) is 3.44. The van der Waals surface area contributed by atoms with E-state index < -0.39 is 28.1 Å². The summed E-state index contributed by atoms with van der Waals surface area (Å²) in [5.41, 5.74) is 0.549. The highest BCUT2D eigenvalue weighted by atomic mass is 32.3. The van der Waals surface area contributed by atoms with Gasteiger partial charge in [0, 0.05) is 11.4 Å². The molecule has 1 rings (SSSR count). The van der Waals surface area contributed by atoms with Crippen LogP contribution in [0.1, 0.15) is 52.4 Å². The van der Waals surface area contributed by atoms with Crippen molar-refractivity contribution in [3.63, 3.8) is 0 Å². The van der Waals surface area contributed by atoms with E-state index >= 15 is 0 Å². The maximum atomic E-state index is 12.2. The summed E-state index contributed by atoms with van der Waals surface area (Å²) in [5.74, 6) is 0.500. The Hall–Kier alpha value is -1.25. The van der Waals surface area contributed by atoms with Gasteiger partial charge in [-0.3, -0.25) is 5.32 Å². The van der Waals surface area contributed by atoms with Crippen LogP contribution in [0.3, 0.4) is 0 Å². The van der Waals surface area contributed by atoms with Gasteiger partial charge in [0.15, 0.2) is 0 Å². The summed E-state index contributed by atoms with van der Waals surface area (Å²) >= 11 is 0. The van der Waals surface area contributed by atoms with Crippen LogP contribution in [0, 0.1) is 0 Å². The first-order valence-electron chi connectivity index (χ1n) is 8.67. The van der Waals surface area contributed by atoms with Gasteiger partial charge in [-0.25, -0.2) is 13.2 Å². The van der Waals surface area contributed by atoms with E-state index in [0.717, 1.165) is 19.3 Å². The van der Waals surface area contributed by atoms with Crippen molar-refractivity contribution in [1.82, 2.24) is 4.13 Å². The number of unbranched alkanes of at least 4 members (excludes halogenated alkanes) is 5. The van der Waals surface area contributed by atoms with Gasteiger partial charge >= 0.3 is 6.09 Å². The quantitative estimate of drug-likeness (QED) is 0.532. The molecular formula is C17H28N2O4S2. The fraction of sp³-hybridized carbons (Fsp3) is 0.588. The fourth-order valence-corrected chi connectivity index (χ4v) is 4.38. The molecule has 0 aromatic heterocycles. The smallest absolute Gasteiger partial charge is 0.411 e. The highest BCUT2D eigenvalue weighted by molar-refractivity contribution is 7.98. The first-order chi connectivity index (χ1) is 12.1. The molecule has 6 nitrogen and oxygen atoms in total. The van der Waals surface area contributed by atoms with Crippen molar-refractivity contribution in [2.24, 2.45) is 0 Å². The number of nitrogens with one attached hydrogen (secondary N) is 2. The van der Waals surface area contributed by atoms with Crippen molar-refractivity contribution in [2.75, 3.05) is 17.7 Å². The van der Waals surface area contributed by atoms with Crippen LogP contribution in [0.5, 0.6) is 0 Å². The summed E-state index contributed by atoms with van der Waals surface area (Å²) in [6.07, 6.45) is 6.21. The van der Waals surface area contributed by atoms with Gasteiger partial charge in [0.05, 0.1) is 11.5 Å². The highest BCUT2D eigenvalue weighted by Gasteiger charge is 2.09. The fourth-order valence-electron chi connectivity index (χ4n) is 2.13. The van der Waals surface area contributed by atoms with Crippen molar-refractivity contribution < 1.29 is 17.9 Å². The Bertz CT molecular complexity index is 564. The average Bonchev–Trinajstić information content (AvgIpc) is 2.58. The maximum absolute atomic E-state index is 12.2. The minimum absolute atomic E-state index is 0.294. The molecule has 0 radical (unpaired) electrons. The van der Waals surface area contributed by atoms with Crippen LogP contribution in [0.25, 0.3) is 0 Å². The van der Waals surface area contributed by atoms with Crippen LogP contribution in [0.2, 0.25) is 0 Å². The average molecular weight is 389 g/mol. The number of rotatable bonds is 12. The molecule has 2 N–H and O–H groups in total. The molecular weight excluding hydrogens is 360 g/mol. The van der Waals surface area contributed by atoms with Gasteiger partial charge in [-0.15, -0.1) is 0 Å². The number of carbonyl (C=O) groups is 1. The second-order valence-electron chi connectivity index (χ2n) is 5.54. The van der Waals surface area contributed by atoms with E-state index in [9.17, 15) is 13.2 Å². The molecule has 0 aliphatic rings. The van der Waals surface area contributed by atoms with E-state index in [1.165, 1.54) is 19.3 Å². The van der Waals surface area contributed by atoms with Crippen molar-refractivity contribution in [3.8, 4) is 0 Å². The number of hydrogen-bond donors (Lipinski definition) is 2. The molecule has 0 bridgehead atoms. The van der Waals surface area contributed by atoms with Gasteiger partial charge in [-0.05, 0) is 37.6 Å². The standard InChI is InChI=1S/C17H28N2O4S2/c1-3-5-6-7-8-9-14-24(21)19-25(22)16-12-10-15(11-13-16)18-17(20)23-4-2/h10-13,19H,3-9,14H2,1-2H3,(H,18,20). The monoisotopic (exact) mass is 388 g/mol. The van der Waals surface area contributed by atoms with Crippen molar-refractivity contribution in [3.05, 3.63) is 24.3 Å². The van der Waals surface area contributed by atoms with Gasteiger partial charge in [-0.2, -0.15) is 4.13 Å². The van der Waals surface area contributed by atoms with Crippen molar-refractivity contribution in [2.45, 2.75) is 57.3 Å². The zero-order valence-corrected chi connectivity index (χ0v) is 16.5. The third kappa shape index (κ3) is 9.72. The zero-order valence-electron chi connectivity index (χ0n) is 14.9. The Morgan fingerprint density at radius 1 is 1.00 bits per heavy atom. The summed E-state index contributed by atoms with van der Waals surface area (Å²) in [6.45, 7) is 4.19. The number of carbonyl (C=O) groups excluding carboxylic acids is 1. The lowest BCUT2D eigenvalue weighted by Gasteiger charge is -2.07. The van der Waals surface area contributed by atoms with E-state index in [-0.39, 0.29) is 0 Å². The molecule has 1 aromatic carbocycles. The first kappa shape index (κ1) is 21.8. The van der Waals surface area contributed by atoms with E-state index in [1.807, 2.05) is 0 Å². The number of amides is 1. The molecule has 0 spiro atoms. The molecule has 2 unspecified atom stereocenters. The van der Waals surface area contributed by atoms with Crippen LogP contribution < -0.4 is 9.44 Å². The molecule has 0 aliphatic carbocycles. The normalized spacial score (nSPS) is 13.2. The largest absolute Gasteiger partial charge is 0.450 e. The molecule has 0 heterocycles. The van der Waals surface area contributed by atoms with E-state index in [1.54, 1.807) is 31.2 Å². The lowest BCUT2D eigenvalue weighted by molar-refractivity contribution is 0.168. The minimum Gasteiger partial charge on any atom is -0.450 e. The summed E-state index contributed by atoms with van der Waals surface area (Å²) in [6, 6.07) is 6.49. The molecule has 1 amide bonds. The van der Waals surface area contributed by atoms with Crippen LogP contribution >= 0.6 is 0 Å². The van der Waals surface area contributed by atoms with E-state index in [4.69, 9.17) is 4.74 Å². The third-order valence-corrected chi connectivity index (χ3v) is 6.15. The Morgan fingerprint density at radius 3 is 2.28 bits per heavy atom. The number of anilines is 1. The molecule has 0 fully saturated rings. The van der Waals surface area contributed by atoms with Gasteiger partial charge in [-0.1, -0.05) is 39.0 Å². The van der Waals surface area contributed by atoms with Crippen LogP contribution in [-0.2, 0) is 26.7 Å². The minimum atomic E-state index is -1.54. The van der Waals surface area contributed by atoms with Crippen molar-refractivity contribution in [1.29, 1.82) is 0 Å². The van der Waals surface area contributed by atoms with Gasteiger partial charge < -0.3 is 4.74 Å². The van der Waals surface area contributed by atoms with E-state index in [2.05, 4.69) is 16.4 Å². The first-order valence-corrected chi connectivity index (χ1v) is 11.1. The second kappa shape index (κ2) is 13.0. The highest BCUT2D eigenvalue weighted by Crippen LogP contribution is 2.13. The molecule has 0 aliphatic heterocycles. The summed E-state index contributed by atoms with van der Waals surface area (Å²) in [7, 11) is -2.86. The Balaban J connectivity index is 2.34. The molecule has 0 saturated heterocycles. The topological polar surface area (TPSA) is 84.5 Å². The second-order valence-corrected chi connectivity index (χ2v) is 8.31. The van der Waals surface area contributed by atoms with Gasteiger partial charge in [0.1, 0.15) is 22.0 Å². The van der Waals surface area contributed by atoms with Gasteiger partial charge in [0.2, 0.25) is 0 Å². The lowest BCUT2D eigenvalue weighted by atomic mass is 10.1. The predicted octanol–water partition coefficient (Wildman–Crippen LogP) is 3.89. The molecule has 25 heavy (non-hydrogen) atoms. The summed E-state index contributed by atoms with van der Waals surface area (Å²) in [5, 5.41) is 2.56. The maximum Gasteiger partial charge on any atom is 0.411 e. The van der Waals surface area contributed by atoms with Crippen LogP contribution in [0.4, 0.5) is 10.5 Å².